The van der Waals surface area contributed by atoms with Crippen LogP contribution in [0, 0.1) is 16.0 Å². The predicted octanol–water partition coefficient (Wildman–Crippen LogP) is 2.93. The molecule has 0 saturated heterocycles. The summed E-state index contributed by atoms with van der Waals surface area (Å²) < 4.78 is 7.59. The maximum absolute atomic E-state index is 10.7. The molecule has 18 heavy (non-hydrogen) atoms. The van der Waals surface area contributed by atoms with Crippen molar-refractivity contribution in [3.63, 3.8) is 0 Å². The fourth-order valence-corrected chi connectivity index (χ4v) is 2.02. The highest BCUT2D eigenvalue weighted by molar-refractivity contribution is 5.82. The summed E-state index contributed by atoms with van der Waals surface area (Å²) in [4.78, 5) is 10.3. The summed E-state index contributed by atoms with van der Waals surface area (Å²) in [6.45, 7) is 1.32. The van der Waals surface area contributed by atoms with Gasteiger partial charge in [-0.15, -0.1) is 0 Å². The number of benzene rings is 1. The van der Waals surface area contributed by atoms with Gasteiger partial charge in [-0.05, 0) is 30.9 Å². The number of nitro groups is 1. The number of aromatic nitrogens is 1. The normalized spacial score (nSPS) is 15.1. The molecule has 1 aromatic carbocycles. The Morgan fingerprint density at radius 2 is 2.22 bits per heavy atom. The van der Waals surface area contributed by atoms with Crippen LogP contribution in [0.5, 0.6) is 0 Å². The van der Waals surface area contributed by atoms with Crippen LogP contribution >= 0.6 is 0 Å². The lowest BCUT2D eigenvalue weighted by atomic mass is 10.2. The number of rotatable bonds is 5. The Balaban J connectivity index is 1.77. The van der Waals surface area contributed by atoms with Gasteiger partial charge in [-0.1, -0.05) is 0 Å². The van der Waals surface area contributed by atoms with Gasteiger partial charge < -0.3 is 9.30 Å². The molecule has 1 aliphatic rings. The summed E-state index contributed by atoms with van der Waals surface area (Å²) in [5, 5.41) is 11.6. The molecule has 3 rings (SSSR count). The van der Waals surface area contributed by atoms with Gasteiger partial charge in [0.15, 0.2) is 0 Å². The molecular weight excluding hydrogens is 232 g/mol. The van der Waals surface area contributed by atoms with Crippen molar-refractivity contribution >= 4 is 16.6 Å². The lowest BCUT2D eigenvalue weighted by molar-refractivity contribution is -0.384. The van der Waals surface area contributed by atoms with Crippen LogP contribution in [0.15, 0.2) is 30.5 Å². The standard InChI is InChI=1S/C13H14N2O3/c16-15(17)12-3-4-13-11(7-12)5-6-14(13)9-18-8-10-1-2-10/h3-7,10H,1-2,8-9H2. The quantitative estimate of drug-likeness (QED) is 0.602. The SMILES string of the molecule is O=[N+]([O-])c1ccc2c(ccn2COCC2CC2)c1. The van der Waals surface area contributed by atoms with Crippen molar-refractivity contribution in [3.8, 4) is 0 Å². The van der Waals surface area contributed by atoms with E-state index in [2.05, 4.69) is 0 Å². The number of hydrogen-bond donors (Lipinski definition) is 0. The number of hydrogen-bond acceptors (Lipinski definition) is 3. The third-order valence-corrected chi connectivity index (χ3v) is 3.25. The molecule has 0 aliphatic heterocycles. The zero-order valence-corrected chi connectivity index (χ0v) is 9.91. The first kappa shape index (κ1) is 11.2. The maximum Gasteiger partial charge on any atom is 0.270 e. The topological polar surface area (TPSA) is 57.3 Å². The first-order chi connectivity index (χ1) is 8.74. The van der Waals surface area contributed by atoms with E-state index in [4.69, 9.17) is 4.74 Å². The number of nitrogens with zero attached hydrogens (tertiary/aromatic N) is 2. The Bertz CT molecular complexity index is 587. The minimum Gasteiger partial charge on any atom is -0.360 e. The molecule has 0 spiro atoms. The molecule has 1 aromatic heterocycles. The highest BCUT2D eigenvalue weighted by atomic mass is 16.6. The molecule has 1 heterocycles. The molecule has 2 aromatic rings. The lowest BCUT2D eigenvalue weighted by Gasteiger charge is -2.06. The summed E-state index contributed by atoms with van der Waals surface area (Å²) in [5.74, 6) is 0.743. The molecule has 0 atom stereocenters. The molecule has 1 aliphatic carbocycles. The monoisotopic (exact) mass is 246 g/mol. The Hall–Kier alpha value is -1.88. The van der Waals surface area contributed by atoms with E-state index >= 15 is 0 Å². The van der Waals surface area contributed by atoms with E-state index in [1.54, 1.807) is 12.1 Å². The molecule has 0 radical (unpaired) electrons. The van der Waals surface area contributed by atoms with Crippen LogP contribution in [0.25, 0.3) is 10.9 Å². The van der Waals surface area contributed by atoms with Crippen molar-refractivity contribution in [1.29, 1.82) is 0 Å². The van der Waals surface area contributed by atoms with Gasteiger partial charge in [-0.3, -0.25) is 10.1 Å². The largest absolute Gasteiger partial charge is 0.360 e. The molecule has 0 bridgehead atoms. The first-order valence-electron chi connectivity index (χ1n) is 6.05. The fraction of sp³-hybridized carbons (Fsp3) is 0.385. The van der Waals surface area contributed by atoms with Gasteiger partial charge >= 0.3 is 0 Å². The average molecular weight is 246 g/mol. The molecule has 5 heteroatoms. The van der Waals surface area contributed by atoms with Crippen LogP contribution in [0.2, 0.25) is 0 Å². The smallest absolute Gasteiger partial charge is 0.270 e. The van der Waals surface area contributed by atoms with Gasteiger partial charge in [0.2, 0.25) is 0 Å². The van der Waals surface area contributed by atoms with Crippen LogP contribution < -0.4 is 0 Å². The number of non-ortho nitro benzene ring substituents is 1. The Morgan fingerprint density at radius 3 is 2.94 bits per heavy atom. The predicted molar refractivity (Wildman–Crippen MR) is 67.3 cm³/mol. The number of ether oxygens (including phenoxy) is 1. The molecule has 1 saturated carbocycles. The van der Waals surface area contributed by atoms with E-state index in [1.165, 1.54) is 18.9 Å². The van der Waals surface area contributed by atoms with Gasteiger partial charge in [0.1, 0.15) is 6.73 Å². The van der Waals surface area contributed by atoms with Crippen LogP contribution in [0.4, 0.5) is 5.69 Å². The second-order valence-corrected chi connectivity index (χ2v) is 4.73. The van der Waals surface area contributed by atoms with Gasteiger partial charge in [0, 0.05) is 23.7 Å². The van der Waals surface area contributed by atoms with E-state index in [1.807, 2.05) is 16.8 Å². The van der Waals surface area contributed by atoms with Crippen molar-refractivity contribution in [1.82, 2.24) is 4.57 Å². The minimum atomic E-state index is -0.375. The second kappa shape index (κ2) is 4.42. The van der Waals surface area contributed by atoms with Gasteiger partial charge in [-0.2, -0.15) is 0 Å². The van der Waals surface area contributed by atoms with Gasteiger partial charge in [0.25, 0.3) is 5.69 Å². The zero-order chi connectivity index (χ0) is 12.5. The van der Waals surface area contributed by atoms with Crippen molar-refractivity contribution in [2.75, 3.05) is 6.61 Å². The molecule has 5 nitrogen and oxygen atoms in total. The highest BCUT2D eigenvalue weighted by Crippen LogP contribution is 2.29. The molecule has 0 unspecified atom stereocenters. The summed E-state index contributed by atoms with van der Waals surface area (Å²) in [5.41, 5.74) is 1.09. The third kappa shape index (κ3) is 2.22. The van der Waals surface area contributed by atoms with E-state index < -0.39 is 0 Å². The van der Waals surface area contributed by atoms with Gasteiger partial charge in [0.05, 0.1) is 17.0 Å². The fourth-order valence-electron chi connectivity index (χ4n) is 2.02. The van der Waals surface area contributed by atoms with E-state index in [0.717, 1.165) is 23.4 Å². The van der Waals surface area contributed by atoms with Crippen LogP contribution in [-0.4, -0.2) is 16.1 Å². The molecule has 0 N–H and O–H groups in total. The van der Waals surface area contributed by atoms with Crippen molar-refractivity contribution in [2.45, 2.75) is 19.6 Å². The Labute approximate surface area is 104 Å². The second-order valence-electron chi connectivity index (χ2n) is 4.73. The maximum atomic E-state index is 10.7. The molecular formula is C13H14N2O3. The Kier molecular flexibility index (Phi) is 2.76. The third-order valence-electron chi connectivity index (χ3n) is 3.25. The van der Waals surface area contributed by atoms with Crippen LogP contribution in [-0.2, 0) is 11.5 Å². The van der Waals surface area contributed by atoms with E-state index in [0.29, 0.717) is 6.73 Å². The van der Waals surface area contributed by atoms with Crippen LogP contribution in [0.1, 0.15) is 12.8 Å². The highest BCUT2D eigenvalue weighted by Gasteiger charge is 2.21. The van der Waals surface area contributed by atoms with Crippen molar-refractivity contribution < 1.29 is 9.66 Å². The minimum absolute atomic E-state index is 0.124. The van der Waals surface area contributed by atoms with Crippen LogP contribution in [0.3, 0.4) is 0 Å². The average Bonchev–Trinajstić information content (AvgIpc) is 3.09. The Morgan fingerprint density at radius 1 is 1.39 bits per heavy atom. The van der Waals surface area contributed by atoms with E-state index in [-0.39, 0.29) is 10.6 Å². The molecule has 94 valence electrons. The summed E-state index contributed by atoms with van der Waals surface area (Å²) in [6, 6.07) is 6.77. The summed E-state index contributed by atoms with van der Waals surface area (Å²) >= 11 is 0. The zero-order valence-electron chi connectivity index (χ0n) is 9.91. The number of fused-ring (bicyclic) bond motifs is 1. The first-order valence-corrected chi connectivity index (χ1v) is 6.05. The van der Waals surface area contributed by atoms with E-state index in [9.17, 15) is 10.1 Å². The van der Waals surface area contributed by atoms with Crippen molar-refractivity contribution in [2.24, 2.45) is 5.92 Å². The summed E-state index contributed by atoms with van der Waals surface area (Å²) in [7, 11) is 0. The lowest BCUT2D eigenvalue weighted by Crippen LogP contribution is -2.03. The summed E-state index contributed by atoms with van der Waals surface area (Å²) in [6.07, 6.45) is 4.46. The van der Waals surface area contributed by atoms with Crippen molar-refractivity contribution in [3.05, 3.63) is 40.6 Å². The molecule has 1 fully saturated rings. The molecule has 0 amide bonds. The number of nitro benzene ring substituents is 1. The van der Waals surface area contributed by atoms with Gasteiger partial charge in [-0.25, -0.2) is 0 Å².